The smallest absolute Gasteiger partial charge is 0.416 e. The normalized spacial score (nSPS) is 16.4. The molecular formula is C22H15F3INO3S. The number of aromatic hydroxyl groups is 1. The minimum Gasteiger partial charge on any atom is -0.507 e. The number of thioether (sulfide) groups is 1. The third kappa shape index (κ3) is 4.67. The number of hydrogen-bond donors (Lipinski definition) is 1. The van der Waals surface area contributed by atoms with Gasteiger partial charge in [0.25, 0.3) is 0 Å². The van der Waals surface area contributed by atoms with Crippen molar-refractivity contribution >= 4 is 45.8 Å². The van der Waals surface area contributed by atoms with Crippen molar-refractivity contribution in [1.82, 2.24) is 0 Å². The lowest BCUT2D eigenvalue weighted by atomic mass is 10.0. The fourth-order valence-electron chi connectivity index (χ4n) is 3.35. The number of halogens is 4. The third-order valence-electron chi connectivity index (χ3n) is 4.75. The molecule has 0 bridgehead atoms. The van der Waals surface area contributed by atoms with Gasteiger partial charge in [-0.25, -0.2) is 4.79 Å². The molecule has 1 aromatic heterocycles. The summed E-state index contributed by atoms with van der Waals surface area (Å²) in [6.45, 7) is 1.52. The lowest BCUT2D eigenvalue weighted by Gasteiger charge is -2.17. The summed E-state index contributed by atoms with van der Waals surface area (Å²) in [7, 11) is 0. The Labute approximate surface area is 193 Å². The summed E-state index contributed by atoms with van der Waals surface area (Å²) < 4.78 is 46.0. The van der Waals surface area contributed by atoms with Crippen LogP contribution in [0.3, 0.4) is 0 Å². The van der Waals surface area contributed by atoms with E-state index in [4.69, 9.17) is 4.42 Å². The minimum atomic E-state index is -4.53. The Hall–Kier alpha value is -2.27. The van der Waals surface area contributed by atoms with Gasteiger partial charge in [0.1, 0.15) is 17.1 Å². The van der Waals surface area contributed by atoms with E-state index in [1.807, 2.05) is 24.3 Å². The van der Waals surface area contributed by atoms with E-state index in [-0.39, 0.29) is 40.1 Å². The highest BCUT2D eigenvalue weighted by molar-refractivity contribution is 14.1. The molecule has 0 aliphatic carbocycles. The molecule has 0 saturated carbocycles. The molecule has 0 fully saturated rings. The van der Waals surface area contributed by atoms with Crippen LogP contribution in [0.2, 0.25) is 0 Å². The van der Waals surface area contributed by atoms with Crippen LogP contribution in [0.25, 0.3) is 0 Å². The maximum Gasteiger partial charge on any atom is 0.416 e. The van der Waals surface area contributed by atoms with Gasteiger partial charge in [0.15, 0.2) is 0 Å². The van der Waals surface area contributed by atoms with E-state index in [1.165, 1.54) is 30.8 Å². The predicted molar refractivity (Wildman–Crippen MR) is 121 cm³/mol. The largest absolute Gasteiger partial charge is 0.507 e. The van der Waals surface area contributed by atoms with Crippen LogP contribution in [0, 0.1) is 10.5 Å². The van der Waals surface area contributed by atoms with Crippen LogP contribution < -0.4 is 5.63 Å². The molecule has 31 heavy (non-hydrogen) atoms. The average Bonchev–Trinajstić information content (AvgIpc) is 2.85. The molecule has 4 rings (SSSR count). The molecule has 1 N–H and O–H groups in total. The zero-order valence-corrected chi connectivity index (χ0v) is 19.0. The van der Waals surface area contributed by atoms with Crippen molar-refractivity contribution in [3.63, 3.8) is 0 Å². The molecule has 1 aliphatic rings. The monoisotopic (exact) mass is 557 g/mol. The Balaban J connectivity index is 1.92. The second-order valence-corrected chi connectivity index (χ2v) is 9.50. The van der Waals surface area contributed by atoms with Crippen molar-refractivity contribution in [2.24, 2.45) is 4.99 Å². The van der Waals surface area contributed by atoms with Crippen molar-refractivity contribution in [2.45, 2.75) is 29.7 Å². The fraction of sp³-hybridized carbons (Fsp3) is 0.182. The summed E-state index contributed by atoms with van der Waals surface area (Å²) >= 11 is 3.56. The van der Waals surface area contributed by atoms with Crippen LogP contribution in [0.4, 0.5) is 18.9 Å². The van der Waals surface area contributed by atoms with Crippen molar-refractivity contribution < 1.29 is 22.7 Å². The highest BCUT2D eigenvalue weighted by atomic mass is 127. The number of aliphatic imine (C=N–C) groups is 1. The standard InChI is InChI=1S/C22H15F3INO3S/c1-11-7-17(28)20(21(29)30-11)16-10-19(12-3-2-4-14(26)8-12)31-18-6-5-13(22(23,24)25)9-15(18)27-16/h2-9,19,28H,10H2,1H3. The van der Waals surface area contributed by atoms with Crippen LogP contribution >= 0.6 is 34.4 Å². The summed E-state index contributed by atoms with van der Waals surface area (Å²) in [6.07, 6.45) is -4.30. The summed E-state index contributed by atoms with van der Waals surface area (Å²) in [6, 6.07) is 12.4. The lowest BCUT2D eigenvalue weighted by Crippen LogP contribution is -2.17. The Kier molecular flexibility index (Phi) is 5.91. The molecule has 1 aliphatic heterocycles. The lowest BCUT2D eigenvalue weighted by molar-refractivity contribution is -0.137. The maximum absolute atomic E-state index is 13.3. The van der Waals surface area contributed by atoms with Gasteiger partial charge in [0.2, 0.25) is 0 Å². The van der Waals surface area contributed by atoms with Crippen LogP contribution in [0.1, 0.15) is 34.1 Å². The van der Waals surface area contributed by atoms with E-state index in [9.17, 15) is 23.1 Å². The molecule has 2 aromatic carbocycles. The van der Waals surface area contributed by atoms with Gasteiger partial charge < -0.3 is 9.52 Å². The Morgan fingerprint density at radius 3 is 2.65 bits per heavy atom. The molecule has 1 atom stereocenters. The number of rotatable bonds is 2. The SMILES string of the molecule is Cc1cc(O)c(C2=Nc3cc(C(F)(F)F)ccc3SC(c3cccc(I)c3)C2)c(=O)o1. The van der Waals surface area contributed by atoms with Gasteiger partial charge in [-0.1, -0.05) is 12.1 Å². The molecule has 2 heterocycles. The molecule has 1 unspecified atom stereocenters. The highest BCUT2D eigenvalue weighted by Crippen LogP contribution is 2.47. The van der Waals surface area contributed by atoms with E-state index >= 15 is 0 Å². The molecule has 0 amide bonds. The summed E-state index contributed by atoms with van der Waals surface area (Å²) in [5, 5.41) is 10.2. The summed E-state index contributed by atoms with van der Waals surface area (Å²) in [4.78, 5) is 17.5. The number of hydrogen-bond acceptors (Lipinski definition) is 5. The Bertz CT molecular complexity index is 1250. The molecule has 9 heteroatoms. The van der Waals surface area contributed by atoms with Gasteiger partial charge in [-0.05, 0) is 65.4 Å². The first-order valence-electron chi connectivity index (χ1n) is 9.17. The van der Waals surface area contributed by atoms with Crippen LogP contribution in [-0.4, -0.2) is 10.8 Å². The zero-order valence-electron chi connectivity index (χ0n) is 16.0. The second-order valence-electron chi connectivity index (χ2n) is 7.01. The van der Waals surface area contributed by atoms with Crippen molar-refractivity contribution in [1.29, 1.82) is 0 Å². The number of benzene rings is 2. The van der Waals surface area contributed by atoms with Gasteiger partial charge in [-0.2, -0.15) is 13.2 Å². The molecule has 0 radical (unpaired) electrons. The fourth-order valence-corrected chi connectivity index (χ4v) is 5.12. The van der Waals surface area contributed by atoms with Gasteiger partial charge >= 0.3 is 11.8 Å². The van der Waals surface area contributed by atoms with Crippen LogP contribution in [0.15, 0.2) is 67.6 Å². The Morgan fingerprint density at radius 1 is 1.19 bits per heavy atom. The summed E-state index contributed by atoms with van der Waals surface area (Å²) in [5.74, 6) is -0.0851. The average molecular weight is 557 g/mol. The van der Waals surface area contributed by atoms with Crippen molar-refractivity contribution in [3.8, 4) is 5.75 Å². The molecule has 3 aromatic rings. The van der Waals surface area contributed by atoms with Gasteiger partial charge in [0.05, 0.1) is 17.0 Å². The first kappa shape index (κ1) is 21.9. The van der Waals surface area contributed by atoms with E-state index < -0.39 is 17.4 Å². The van der Waals surface area contributed by atoms with Crippen LogP contribution in [0.5, 0.6) is 5.75 Å². The van der Waals surface area contributed by atoms with Crippen molar-refractivity contribution in [3.05, 3.63) is 85.0 Å². The number of nitrogens with zero attached hydrogens (tertiary/aromatic N) is 1. The number of aryl methyl sites for hydroxylation is 1. The minimum absolute atomic E-state index is 0.0994. The topological polar surface area (TPSA) is 62.8 Å². The van der Waals surface area contributed by atoms with Gasteiger partial charge in [-0.15, -0.1) is 11.8 Å². The molecule has 160 valence electrons. The first-order chi connectivity index (χ1) is 14.6. The van der Waals surface area contributed by atoms with E-state index in [1.54, 1.807) is 0 Å². The van der Waals surface area contributed by atoms with E-state index in [0.717, 1.165) is 21.3 Å². The van der Waals surface area contributed by atoms with Crippen molar-refractivity contribution in [2.75, 3.05) is 0 Å². The third-order valence-corrected chi connectivity index (χ3v) is 6.75. The molecule has 4 nitrogen and oxygen atoms in total. The Morgan fingerprint density at radius 2 is 1.97 bits per heavy atom. The van der Waals surface area contributed by atoms with E-state index in [0.29, 0.717) is 4.90 Å². The number of alkyl halides is 3. The molecular weight excluding hydrogens is 542 g/mol. The molecule has 0 spiro atoms. The molecule has 0 saturated heterocycles. The van der Waals surface area contributed by atoms with Crippen LogP contribution in [-0.2, 0) is 6.18 Å². The number of fused-ring (bicyclic) bond motifs is 1. The summed E-state index contributed by atoms with van der Waals surface area (Å²) in [5.41, 5.74) is -0.524. The van der Waals surface area contributed by atoms with Gasteiger partial charge in [0, 0.05) is 26.2 Å². The quantitative estimate of drug-likeness (QED) is 0.359. The highest BCUT2D eigenvalue weighted by Gasteiger charge is 2.33. The maximum atomic E-state index is 13.3. The first-order valence-corrected chi connectivity index (χ1v) is 11.1. The second kappa shape index (κ2) is 8.34. The zero-order chi connectivity index (χ0) is 22.3. The van der Waals surface area contributed by atoms with E-state index in [2.05, 4.69) is 27.6 Å². The predicted octanol–water partition coefficient (Wildman–Crippen LogP) is 6.64. The van der Waals surface area contributed by atoms with Gasteiger partial charge in [-0.3, -0.25) is 4.99 Å².